The highest BCUT2D eigenvalue weighted by Gasteiger charge is 2.35. The first-order valence-electron chi connectivity index (χ1n) is 18.2. The predicted octanol–water partition coefficient (Wildman–Crippen LogP) is 7.59. The van der Waals surface area contributed by atoms with E-state index in [1.54, 1.807) is 18.2 Å². The van der Waals surface area contributed by atoms with Crippen molar-refractivity contribution in [1.29, 1.82) is 0 Å². The number of carbonyl (C=O) groups is 1. The summed E-state index contributed by atoms with van der Waals surface area (Å²) in [6.07, 6.45) is -3.25. The molecule has 8 rings (SSSR count). The van der Waals surface area contributed by atoms with Gasteiger partial charge in [0.15, 0.2) is 5.75 Å². The first-order chi connectivity index (χ1) is 26.1. The number of benzene rings is 4. The Morgan fingerprint density at radius 2 is 1.61 bits per heavy atom. The van der Waals surface area contributed by atoms with Gasteiger partial charge in [0.1, 0.15) is 23.5 Å². The molecule has 2 fully saturated rings. The number of phenolic OH excluding ortho intramolecular Hbond substituents is 1. The fourth-order valence-corrected chi connectivity index (χ4v) is 8.75. The maximum atomic E-state index is 13.2. The van der Waals surface area contributed by atoms with Crippen LogP contribution in [-0.2, 0) is 24.1 Å². The number of hydrogen-bond acceptors (Lipinski definition) is 9. The molecule has 3 aliphatic heterocycles. The number of rotatable bonds is 10. The highest BCUT2D eigenvalue weighted by Crippen LogP contribution is 2.47. The Labute approximate surface area is 315 Å². The molecule has 3 aliphatic rings. The number of fused-ring (bicyclic) bond motifs is 2. The van der Waals surface area contributed by atoms with Gasteiger partial charge in [-0.25, -0.2) is 0 Å². The monoisotopic (exact) mass is 758 g/mol. The van der Waals surface area contributed by atoms with E-state index in [-0.39, 0.29) is 17.7 Å². The van der Waals surface area contributed by atoms with E-state index in [9.17, 15) is 28.2 Å². The summed E-state index contributed by atoms with van der Waals surface area (Å²) >= 11 is 1.34. The van der Waals surface area contributed by atoms with E-state index in [1.807, 2.05) is 24.3 Å². The fourth-order valence-electron chi connectivity index (χ4n) is 7.58. The molecular weight excluding hydrogens is 718 g/mol. The number of halogens is 3. The van der Waals surface area contributed by atoms with Crippen LogP contribution in [0.5, 0.6) is 23.0 Å². The van der Waals surface area contributed by atoms with Gasteiger partial charge in [0, 0.05) is 68.0 Å². The minimum atomic E-state index is -4.43. The summed E-state index contributed by atoms with van der Waals surface area (Å²) in [7, 11) is 0. The molecule has 2 unspecified atom stereocenters. The number of aromatic hydroxyl groups is 1. The van der Waals surface area contributed by atoms with E-state index in [4.69, 9.17) is 9.47 Å². The van der Waals surface area contributed by atoms with Crippen LogP contribution in [0.2, 0.25) is 0 Å². The van der Waals surface area contributed by atoms with Gasteiger partial charge >= 0.3 is 6.18 Å². The molecule has 1 amide bonds. The van der Waals surface area contributed by atoms with E-state index in [0.29, 0.717) is 47.1 Å². The Balaban J connectivity index is 0.812. The van der Waals surface area contributed by atoms with Gasteiger partial charge in [0.2, 0.25) is 5.91 Å². The molecule has 5 aromatic rings. The van der Waals surface area contributed by atoms with Gasteiger partial charge < -0.3 is 29.9 Å². The third-order valence-electron chi connectivity index (χ3n) is 10.5. The molecule has 3 N–H and O–H groups in total. The van der Waals surface area contributed by atoms with E-state index in [1.165, 1.54) is 40.3 Å². The van der Waals surface area contributed by atoms with Crippen molar-refractivity contribution >= 4 is 33.0 Å². The van der Waals surface area contributed by atoms with E-state index >= 15 is 0 Å². The van der Waals surface area contributed by atoms with Crippen LogP contribution in [0.4, 0.5) is 18.9 Å². The molecule has 0 radical (unpaired) electrons. The van der Waals surface area contributed by atoms with Gasteiger partial charge in [-0.1, -0.05) is 18.2 Å². The number of hydrogen-bond donors (Lipinski definition) is 3. The number of ether oxygens (including phenoxy) is 2. The summed E-state index contributed by atoms with van der Waals surface area (Å²) in [6, 6.07) is 23.9. The maximum Gasteiger partial charge on any atom is 0.416 e. The lowest BCUT2D eigenvalue weighted by Crippen LogP contribution is -2.54. The molecule has 282 valence electrons. The van der Waals surface area contributed by atoms with E-state index < -0.39 is 18.0 Å². The van der Waals surface area contributed by atoms with Gasteiger partial charge in [0.25, 0.3) is 0 Å². The second-order valence-electron chi connectivity index (χ2n) is 14.1. The van der Waals surface area contributed by atoms with E-state index in [0.717, 1.165) is 74.5 Å². The smallest absolute Gasteiger partial charge is 0.416 e. The molecular formula is C41H41F3N4O5S. The molecule has 4 heterocycles. The summed E-state index contributed by atoms with van der Waals surface area (Å²) in [5.41, 5.74) is 3.67. The van der Waals surface area contributed by atoms with Crippen molar-refractivity contribution in [2.75, 3.05) is 44.2 Å². The normalized spacial score (nSPS) is 19.6. The van der Waals surface area contributed by atoms with Crippen LogP contribution in [-0.4, -0.2) is 77.5 Å². The number of phenols is 1. The highest BCUT2D eigenvalue weighted by molar-refractivity contribution is 7.22. The number of anilines is 1. The molecule has 2 saturated heterocycles. The minimum Gasteiger partial charge on any atom is -0.508 e. The Morgan fingerprint density at radius 3 is 2.35 bits per heavy atom. The summed E-state index contributed by atoms with van der Waals surface area (Å²) in [6.45, 7) is 6.89. The zero-order valence-electron chi connectivity index (χ0n) is 29.5. The van der Waals surface area contributed by atoms with Crippen LogP contribution >= 0.6 is 11.3 Å². The lowest BCUT2D eigenvalue weighted by Gasteiger charge is -2.36. The van der Waals surface area contributed by atoms with Crippen molar-refractivity contribution in [3.8, 4) is 33.4 Å². The largest absolute Gasteiger partial charge is 0.508 e. The standard InChI is InChI=1S/C41H41F3N4O5S/c42-41(43,44)29-5-2-26(3-6-29)39-38(34-13-8-31(49)23-36(34)54-39)53-33-11-9-32(10-12-33)52-21-1-16-46-17-19-47(20-18-46)30-7-4-27-24-48(25-28(27)22-30)35-14-15-37(50)45-40(35)51/h2-13,22-23,35,40,49,51H,1,14-21,24-25H2,(H,45,50). The van der Waals surface area contributed by atoms with Crippen molar-refractivity contribution in [1.82, 2.24) is 15.1 Å². The predicted molar refractivity (Wildman–Crippen MR) is 202 cm³/mol. The molecule has 54 heavy (non-hydrogen) atoms. The highest BCUT2D eigenvalue weighted by atomic mass is 32.1. The number of amides is 1. The first kappa shape index (κ1) is 36.2. The average molecular weight is 759 g/mol. The van der Waals surface area contributed by atoms with Crippen molar-refractivity contribution < 1.29 is 37.7 Å². The zero-order chi connectivity index (χ0) is 37.4. The topological polar surface area (TPSA) is 97.7 Å². The van der Waals surface area contributed by atoms with Crippen molar-refractivity contribution in [2.24, 2.45) is 0 Å². The number of nitrogens with one attached hydrogen (secondary N) is 1. The van der Waals surface area contributed by atoms with E-state index in [2.05, 4.69) is 38.2 Å². The molecule has 9 nitrogen and oxygen atoms in total. The lowest BCUT2D eigenvalue weighted by molar-refractivity contribution is -0.137. The molecule has 13 heteroatoms. The third-order valence-corrected chi connectivity index (χ3v) is 11.7. The third kappa shape index (κ3) is 7.85. The van der Waals surface area contributed by atoms with Crippen LogP contribution in [0.15, 0.2) is 84.9 Å². The molecule has 4 aromatic carbocycles. The molecule has 2 atom stereocenters. The first-order valence-corrected chi connectivity index (χ1v) is 19.0. The number of alkyl halides is 3. The number of aliphatic hydroxyl groups is 1. The quantitative estimate of drug-likeness (QED) is 0.126. The SMILES string of the molecule is O=C1CCC(N2Cc3ccc(N4CCN(CCCOc5ccc(Oc6c(-c7ccc(C(F)(F)F)cc7)sc7cc(O)ccc67)cc5)CC4)cc3C2)C(O)N1. The molecule has 0 bridgehead atoms. The number of piperidine rings is 1. The second-order valence-corrected chi connectivity index (χ2v) is 15.1. The Bertz CT molecular complexity index is 2120. The molecule has 0 aliphatic carbocycles. The Morgan fingerprint density at radius 1 is 0.870 bits per heavy atom. The van der Waals surface area contributed by atoms with Crippen LogP contribution in [0.1, 0.15) is 36.0 Å². The molecule has 0 saturated carbocycles. The van der Waals surface area contributed by atoms with Crippen molar-refractivity contribution in [3.63, 3.8) is 0 Å². The molecule has 1 aromatic heterocycles. The zero-order valence-corrected chi connectivity index (χ0v) is 30.3. The van der Waals surface area contributed by atoms with Crippen LogP contribution < -0.4 is 19.7 Å². The van der Waals surface area contributed by atoms with Gasteiger partial charge in [-0.05, 0) is 96.3 Å². The lowest BCUT2D eigenvalue weighted by atomic mass is 10.0. The summed E-state index contributed by atoms with van der Waals surface area (Å²) in [5.74, 6) is 1.79. The van der Waals surface area contributed by atoms with Gasteiger partial charge in [0.05, 0.1) is 23.1 Å². The number of nitrogens with zero attached hydrogens (tertiary/aromatic N) is 3. The summed E-state index contributed by atoms with van der Waals surface area (Å²) in [5, 5.41) is 23.9. The number of aliphatic hydroxyl groups excluding tert-OH is 1. The Kier molecular flexibility index (Phi) is 10.1. The number of piperazine rings is 1. The van der Waals surface area contributed by atoms with Gasteiger partial charge in [-0.3, -0.25) is 14.6 Å². The van der Waals surface area contributed by atoms with Crippen molar-refractivity contribution in [3.05, 3.63) is 102 Å². The average Bonchev–Trinajstić information content (AvgIpc) is 3.74. The van der Waals surface area contributed by atoms with Gasteiger partial charge in [-0.15, -0.1) is 11.3 Å². The minimum absolute atomic E-state index is 0.0609. The molecule has 0 spiro atoms. The number of thiophene rings is 1. The summed E-state index contributed by atoms with van der Waals surface area (Å²) in [4.78, 5) is 19.5. The second kappa shape index (κ2) is 15.1. The Hall–Kier alpha value is -4.82. The fraction of sp³-hybridized carbons (Fsp3) is 0.341. The number of carbonyl (C=O) groups excluding carboxylic acids is 1. The maximum absolute atomic E-state index is 13.2. The van der Waals surface area contributed by atoms with Crippen LogP contribution in [0.25, 0.3) is 20.5 Å². The van der Waals surface area contributed by atoms with Crippen LogP contribution in [0, 0.1) is 0 Å². The van der Waals surface area contributed by atoms with Gasteiger partial charge in [-0.2, -0.15) is 13.2 Å². The summed E-state index contributed by atoms with van der Waals surface area (Å²) < 4.78 is 52.7. The van der Waals surface area contributed by atoms with Crippen LogP contribution in [0.3, 0.4) is 0 Å². The van der Waals surface area contributed by atoms with Crippen molar-refractivity contribution in [2.45, 2.75) is 50.8 Å².